The van der Waals surface area contributed by atoms with Gasteiger partial charge in [-0.3, -0.25) is 0 Å². The Hall–Kier alpha value is -1.48. The first kappa shape index (κ1) is 9.09. The average Bonchev–Trinajstić information content (AvgIpc) is 2.55. The van der Waals surface area contributed by atoms with Crippen LogP contribution in [0.3, 0.4) is 0 Å². The first-order valence-electron chi connectivity index (χ1n) is 4.83. The molecule has 0 unspecified atom stereocenters. The molecular formula is C11H15N3. The number of hydrogen-bond acceptors (Lipinski definition) is 2. The first-order chi connectivity index (χ1) is 6.76. The van der Waals surface area contributed by atoms with Gasteiger partial charge < -0.3 is 16.0 Å². The highest BCUT2D eigenvalue weighted by molar-refractivity contribution is 5.86. The summed E-state index contributed by atoms with van der Waals surface area (Å²) in [6, 6.07) is 5.96. The van der Waals surface area contributed by atoms with Crippen LogP contribution in [0.25, 0.3) is 10.9 Å². The number of nitrogens with zero attached hydrogens (tertiary/aromatic N) is 1. The summed E-state index contributed by atoms with van der Waals surface area (Å²) < 4.78 is 2.17. The van der Waals surface area contributed by atoms with Gasteiger partial charge in [-0.25, -0.2) is 0 Å². The summed E-state index contributed by atoms with van der Waals surface area (Å²) in [6.07, 6.45) is 2.10. The Morgan fingerprint density at radius 3 is 2.79 bits per heavy atom. The normalized spacial score (nSPS) is 11.0. The lowest BCUT2D eigenvalue weighted by molar-refractivity contribution is 0.792. The van der Waals surface area contributed by atoms with Crippen molar-refractivity contribution in [3.63, 3.8) is 0 Å². The zero-order valence-electron chi connectivity index (χ0n) is 8.33. The van der Waals surface area contributed by atoms with Crippen LogP contribution in [0.1, 0.15) is 12.5 Å². The number of anilines is 1. The van der Waals surface area contributed by atoms with Gasteiger partial charge in [-0.1, -0.05) is 6.07 Å². The van der Waals surface area contributed by atoms with Gasteiger partial charge in [0.05, 0.1) is 5.52 Å². The molecule has 74 valence electrons. The highest BCUT2D eigenvalue weighted by Gasteiger charge is 2.05. The van der Waals surface area contributed by atoms with E-state index in [0.29, 0.717) is 6.54 Å². The van der Waals surface area contributed by atoms with Crippen LogP contribution in [-0.4, -0.2) is 4.57 Å². The maximum atomic E-state index is 5.75. The summed E-state index contributed by atoms with van der Waals surface area (Å²) in [5, 5.41) is 1.21. The second-order valence-electron chi connectivity index (χ2n) is 3.42. The molecule has 0 amide bonds. The molecule has 0 radical (unpaired) electrons. The summed E-state index contributed by atoms with van der Waals surface area (Å²) in [7, 11) is 0. The van der Waals surface area contributed by atoms with E-state index in [1.165, 1.54) is 16.5 Å². The van der Waals surface area contributed by atoms with Crippen LogP contribution in [0, 0.1) is 0 Å². The van der Waals surface area contributed by atoms with E-state index in [2.05, 4.69) is 17.7 Å². The highest BCUT2D eigenvalue weighted by atomic mass is 15.0. The molecule has 0 atom stereocenters. The molecule has 4 N–H and O–H groups in total. The molecule has 2 aromatic rings. The van der Waals surface area contributed by atoms with Crippen LogP contribution in [0.5, 0.6) is 0 Å². The van der Waals surface area contributed by atoms with Gasteiger partial charge in [0, 0.05) is 30.4 Å². The Morgan fingerprint density at radius 2 is 2.14 bits per heavy atom. The summed E-state index contributed by atoms with van der Waals surface area (Å²) in [5.41, 5.74) is 14.6. The Morgan fingerprint density at radius 1 is 1.36 bits per heavy atom. The molecule has 0 saturated carbocycles. The monoisotopic (exact) mass is 189 g/mol. The van der Waals surface area contributed by atoms with E-state index in [-0.39, 0.29) is 0 Å². The first-order valence-corrected chi connectivity index (χ1v) is 4.83. The number of nitrogens with two attached hydrogens (primary N) is 2. The average molecular weight is 189 g/mol. The predicted octanol–water partition coefficient (Wildman–Crippen LogP) is 1.70. The van der Waals surface area contributed by atoms with Crippen molar-refractivity contribution in [2.45, 2.75) is 20.0 Å². The molecule has 1 heterocycles. The van der Waals surface area contributed by atoms with E-state index < -0.39 is 0 Å². The van der Waals surface area contributed by atoms with Gasteiger partial charge >= 0.3 is 0 Å². The van der Waals surface area contributed by atoms with E-state index in [1.807, 2.05) is 18.2 Å². The van der Waals surface area contributed by atoms with E-state index in [4.69, 9.17) is 11.5 Å². The standard InChI is InChI=1S/C11H15N3/c1-2-14-7-8(6-12)10-4-3-9(13)5-11(10)14/h3-5,7H,2,6,12-13H2,1H3. The summed E-state index contributed by atoms with van der Waals surface area (Å²) >= 11 is 0. The smallest absolute Gasteiger partial charge is 0.0504 e. The van der Waals surface area contributed by atoms with Gasteiger partial charge in [-0.05, 0) is 24.6 Å². The maximum absolute atomic E-state index is 5.75. The van der Waals surface area contributed by atoms with Crippen molar-refractivity contribution < 1.29 is 0 Å². The van der Waals surface area contributed by atoms with Crippen LogP contribution in [-0.2, 0) is 13.1 Å². The number of aromatic nitrogens is 1. The third-order valence-corrected chi connectivity index (χ3v) is 2.55. The molecule has 1 aromatic carbocycles. The number of fused-ring (bicyclic) bond motifs is 1. The van der Waals surface area contributed by atoms with Gasteiger partial charge in [0.1, 0.15) is 0 Å². The van der Waals surface area contributed by atoms with Gasteiger partial charge in [0.25, 0.3) is 0 Å². The molecule has 3 heteroatoms. The van der Waals surface area contributed by atoms with Gasteiger partial charge in [-0.15, -0.1) is 0 Å². The zero-order valence-corrected chi connectivity index (χ0v) is 8.33. The van der Waals surface area contributed by atoms with Crippen molar-refractivity contribution in [1.82, 2.24) is 4.57 Å². The largest absolute Gasteiger partial charge is 0.399 e. The highest BCUT2D eigenvalue weighted by Crippen LogP contribution is 2.23. The minimum Gasteiger partial charge on any atom is -0.399 e. The minimum atomic E-state index is 0.577. The second kappa shape index (κ2) is 3.35. The van der Waals surface area contributed by atoms with Crippen molar-refractivity contribution in [1.29, 1.82) is 0 Å². The summed E-state index contributed by atoms with van der Waals surface area (Å²) in [6.45, 7) is 3.64. The molecule has 0 aliphatic carbocycles. The van der Waals surface area contributed by atoms with Gasteiger partial charge in [0.15, 0.2) is 0 Å². The molecule has 2 rings (SSSR count). The SMILES string of the molecule is CCn1cc(CN)c2ccc(N)cc21. The van der Waals surface area contributed by atoms with E-state index in [1.54, 1.807) is 0 Å². The van der Waals surface area contributed by atoms with E-state index >= 15 is 0 Å². The maximum Gasteiger partial charge on any atom is 0.0504 e. The van der Waals surface area contributed by atoms with Crippen LogP contribution in [0.2, 0.25) is 0 Å². The quantitative estimate of drug-likeness (QED) is 0.706. The van der Waals surface area contributed by atoms with Gasteiger partial charge in [-0.2, -0.15) is 0 Å². The molecule has 0 bridgehead atoms. The third kappa shape index (κ3) is 1.26. The zero-order chi connectivity index (χ0) is 10.1. The lowest BCUT2D eigenvalue weighted by Crippen LogP contribution is -1.94. The lowest BCUT2D eigenvalue weighted by Gasteiger charge is -2.00. The fraction of sp³-hybridized carbons (Fsp3) is 0.273. The van der Waals surface area contributed by atoms with E-state index in [0.717, 1.165) is 12.2 Å². The molecule has 0 aliphatic heterocycles. The van der Waals surface area contributed by atoms with Crippen LogP contribution < -0.4 is 11.5 Å². The summed E-state index contributed by atoms with van der Waals surface area (Å²) in [5.74, 6) is 0. The van der Waals surface area contributed by atoms with Crippen LogP contribution in [0.4, 0.5) is 5.69 Å². The molecule has 1 aromatic heterocycles. The Kier molecular flexibility index (Phi) is 2.17. The number of hydrogen-bond donors (Lipinski definition) is 2. The minimum absolute atomic E-state index is 0.577. The fourth-order valence-electron chi connectivity index (χ4n) is 1.81. The predicted molar refractivity (Wildman–Crippen MR) is 59.9 cm³/mol. The summed E-state index contributed by atoms with van der Waals surface area (Å²) in [4.78, 5) is 0. The van der Waals surface area contributed by atoms with Crippen molar-refractivity contribution in [2.75, 3.05) is 5.73 Å². The Bertz CT molecular complexity index is 457. The molecule has 3 nitrogen and oxygen atoms in total. The molecule has 0 fully saturated rings. The third-order valence-electron chi connectivity index (χ3n) is 2.55. The molecule has 0 aliphatic rings. The van der Waals surface area contributed by atoms with Crippen LogP contribution in [0.15, 0.2) is 24.4 Å². The number of rotatable bonds is 2. The van der Waals surface area contributed by atoms with Gasteiger partial charge in [0.2, 0.25) is 0 Å². The molecule has 0 saturated heterocycles. The second-order valence-corrected chi connectivity index (χ2v) is 3.42. The Balaban J connectivity index is 2.75. The topological polar surface area (TPSA) is 57.0 Å². The molecular weight excluding hydrogens is 174 g/mol. The lowest BCUT2D eigenvalue weighted by atomic mass is 10.1. The van der Waals surface area contributed by atoms with E-state index in [9.17, 15) is 0 Å². The van der Waals surface area contributed by atoms with Crippen molar-refractivity contribution in [2.24, 2.45) is 5.73 Å². The van der Waals surface area contributed by atoms with Crippen molar-refractivity contribution in [3.8, 4) is 0 Å². The number of benzene rings is 1. The Labute approximate surface area is 83.3 Å². The van der Waals surface area contributed by atoms with Crippen LogP contribution >= 0.6 is 0 Å². The van der Waals surface area contributed by atoms with Crippen molar-refractivity contribution >= 4 is 16.6 Å². The molecule has 0 spiro atoms. The number of aryl methyl sites for hydroxylation is 1. The fourth-order valence-corrected chi connectivity index (χ4v) is 1.81. The van der Waals surface area contributed by atoms with Crippen molar-refractivity contribution in [3.05, 3.63) is 30.0 Å². The molecule has 14 heavy (non-hydrogen) atoms. The number of nitrogen functional groups attached to an aromatic ring is 1.